The van der Waals surface area contributed by atoms with Crippen molar-refractivity contribution >= 4 is 5.91 Å². The van der Waals surface area contributed by atoms with Gasteiger partial charge in [-0.2, -0.15) is 0 Å². The Bertz CT molecular complexity index is 416. The Kier molecular flexibility index (Phi) is 5.16. The van der Waals surface area contributed by atoms with Crippen molar-refractivity contribution in [2.75, 3.05) is 13.7 Å². The van der Waals surface area contributed by atoms with E-state index in [0.29, 0.717) is 12.3 Å². The average molecular weight is 250 g/mol. The van der Waals surface area contributed by atoms with E-state index < -0.39 is 0 Å². The van der Waals surface area contributed by atoms with Crippen LogP contribution in [0.1, 0.15) is 25.0 Å². The third-order valence-electron chi connectivity index (χ3n) is 2.96. The summed E-state index contributed by atoms with van der Waals surface area (Å²) in [5.74, 6) is 0.655. The quantitative estimate of drug-likeness (QED) is 0.865. The Morgan fingerprint density at radius 3 is 2.67 bits per heavy atom. The molecule has 1 aromatic rings. The number of nitrogens with two attached hydrogens (primary N) is 1. The number of amides is 1. The lowest BCUT2D eigenvalue weighted by Gasteiger charge is -2.21. The summed E-state index contributed by atoms with van der Waals surface area (Å²) >= 11 is 0. The maximum absolute atomic E-state index is 11.8. The van der Waals surface area contributed by atoms with Crippen molar-refractivity contribution in [3.05, 3.63) is 29.3 Å². The topological polar surface area (TPSA) is 55.6 Å². The maximum Gasteiger partial charge on any atom is 0.260 e. The van der Waals surface area contributed by atoms with Gasteiger partial charge >= 0.3 is 0 Å². The summed E-state index contributed by atoms with van der Waals surface area (Å²) in [6.07, 6.45) is 0. The first-order valence-electron chi connectivity index (χ1n) is 6.13. The molecule has 100 valence electrons. The van der Waals surface area contributed by atoms with E-state index in [2.05, 4.69) is 0 Å². The van der Waals surface area contributed by atoms with Gasteiger partial charge in [0.05, 0.1) is 0 Å². The van der Waals surface area contributed by atoms with Crippen LogP contribution in [-0.4, -0.2) is 30.5 Å². The first-order chi connectivity index (χ1) is 8.45. The molecule has 0 saturated carbocycles. The van der Waals surface area contributed by atoms with Crippen molar-refractivity contribution < 1.29 is 9.53 Å². The van der Waals surface area contributed by atoms with Crippen LogP contribution < -0.4 is 10.5 Å². The zero-order valence-corrected chi connectivity index (χ0v) is 11.6. The Morgan fingerprint density at radius 1 is 1.44 bits per heavy atom. The van der Waals surface area contributed by atoms with Gasteiger partial charge in [0.25, 0.3) is 5.91 Å². The van der Waals surface area contributed by atoms with Gasteiger partial charge in [-0.1, -0.05) is 17.7 Å². The molecule has 0 saturated heterocycles. The molecule has 0 aliphatic carbocycles. The van der Waals surface area contributed by atoms with Crippen LogP contribution in [0.5, 0.6) is 5.75 Å². The second-order valence-corrected chi connectivity index (χ2v) is 4.70. The third-order valence-corrected chi connectivity index (χ3v) is 2.96. The predicted molar refractivity (Wildman–Crippen MR) is 72.5 cm³/mol. The molecule has 2 N–H and O–H groups in total. The molecule has 0 atom stereocenters. The largest absolute Gasteiger partial charge is 0.483 e. The van der Waals surface area contributed by atoms with Crippen LogP contribution in [0, 0.1) is 6.92 Å². The van der Waals surface area contributed by atoms with Crippen LogP contribution in [0.3, 0.4) is 0 Å². The first kappa shape index (κ1) is 14.5. The molecule has 0 radical (unpaired) electrons. The number of hydrogen-bond donors (Lipinski definition) is 1. The maximum atomic E-state index is 11.8. The fourth-order valence-corrected chi connectivity index (χ4v) is 1.54. The van der Waals surface area contributed by atoms with Gasteiger partial charge in [0.15, 0.2) is 6.61 Å². The summed E-state index contributed by atoms with van der Waals surface area (Å²) in [6, 6.07) is 5.96. The zero-order chi connectivity index (χ0) is 13.7. The highest BCUT2D eigenvalue weighted by Gasteiger charge is 2.13. The minimum absolute atomic E-state index is 0.0338. The van der Waals surface area contributed by atoms with Crippen molar-refractivity contribution in [1.82, 2.24) is 4.90 Å². The lowest BCUT2D eigenvalue weighted by molar-refractivity contribution is -0.133. The SMILES string of the molecule is Cc1ccc(OCC(=O)N(C)C(C)C)c(CN)c1. The molecule has 18 heavy (non-hydrogen) atoms. The number of benzene rings is 1. The Hall–Kier alpha value is -1.55. The normalized spacial score (nSPS) is 10.6. The molecule has 0 unspecified atom stereocenters. The van der Waals surface area contributed by atoms with E-state index in [4.69, 9.17) is 10.5 Å². The third kappa shape index (κ3) is 3.74. The Morgan fingerprint density at radius 2 is 2.11 bits per heavy atom. The number of likely N-dealkylation sites (N-methyl/N-ethyl adjacent to an activating group) is 1. The molecule has 4 nitrogen and oxygen atoms in total. The molecular weight excluding hydrogens is 228 g/mol. The van der Waals surface area contributed by atoms with Crippen LogP contribution in [0.15, 0.2) is 18.2 Å². The molecule has 1 amide bonds. The van der Waals surface area contributed by atoms with Crippen LogP contribution >= 0.6 is 0 Å². The summed E-state index contributed by atoms with van der Waals surface area (Å²) < 4.78 is 5.54. The highest BCUT2D eigenvalue weighted by molar-refractivity contribution is 5.77. The summed E-state index contributed by atoms with van der Waals surface area (Å²) in [7, 11) is 1.77. The van der Waals surface area contributed by atoms with Crippen LogP contribution in [0.2, 0.25) is 0 Å². The van der Waals surface area contributed by atoms with Gasteiger partial charge in [-0.3, -0.25) is 4.79 Å². The van der Waals surface area contributed by atoms with Crippen LogP contribution in [-0.2, 0) is 11.3 Å². The minimum atomic E-state index is -0.0338. The molecule has 4 heteroatoms. The minimum Gasteiger partial charge on any atom is -0.483 e. The van der Waals surface area contributed by atoms with Gasteiger partial charge < -0.3 is 15.4 Å². The van der Waals surface area contributed by atoms with Gasteiger partial charge in [0, 0.05) is 25.2 Å². The lowest BCUT2D eigenvalue weighted by atomic mass is 10.1. The van der Waals surface area contributed by atoms with Gasteiger partial charge in [0.2, 0.25) is 0 Å². The fourth-order valence-electron chi connectivity index (χ4n) is 1.54. The van der Waals surface area contributed by atoms with Gasteiger partial charge in [-0.05, 0) is 26.8 Å². The molecule has 0 bridgehead atoms. The summed E-state index contributed by atoms with van der Waals surface area (Å²) in [5.41, 5.74) is 7.72. The van der Waals surface area contributed by atoms with E-state index in [1.807, 2.05) is 39.0 Å². The lowest BCUT2D eigenvalue weighted by Crippen LogP contribution is -2.36. The number of carbonyl (C=O) groups is 1. The molecule has 0 heterocycles. The van der Waals surface area contributed by atoms with E-state index in [1.165, 1.54) is 0 Å². The number of ether oxygens (including phenoxy) is 1. The molecular formula is C14H22N2O2. The number of carbonyl (C=O) groups excluding carboxylic acids is 1. The number of hydrogen-bond acceptors (Lipinski definition) is 3. The van der Waals surface area contributed by atoms with Gasteiger partial charge in [0.1, 0.15) is 5.75 Å². The standard InChI is InChI=1S/C14H22N2O2/c1-10(2)16(4)14(17)9-18-13-6-5-11(3)7-12(13)8-15/h5-7,10H,8-9,15H2,1-4H3. The second kappa shape index (κ2) is 6.40. The van der Waals surface area contributed by atoms with Crippen molar-refractivity contribution in [1.29, 1.82) is 0 Å². The van der Waals surface area contributed by atoms with E-state index in [9.17, 15) is 4.79 Å². The smallest absolute Gasteiger partial charge is 0.260 e. The number of aryl methyl sites for hydroxylation is 1. The van der Waals surface area contributed by atoms with Gasteiger partial charge in [-0.15, -0.1) is 0 Å². The molecule has 0 spiro atoms. The summed E-state index contributed by atoms with van der Waals surface area (Å²) in [6.45, 7) is 6.39. The van der Waals surface area contributed by atoms with Crippen molar-refractivity contribution in [3.63, 3.8) is 0 Å². The van der Waals surface area contributed by atoms with E-state index >= 15 is 0 Å². The molecule has 0 fully saturated rings. The highest BCUT2D eigenvalue weighted by Crippen LogP contribution is 2.19. The molecule has 0 aliphatic rings. The Balaban J connectivity index is 2.66. The molecule has 1 rings (SSSR count). The molecule has 1 aromatic carbocycles. The summed E-state index contributed by atoms with van der Waals surface area (Å²) in [4.78, 5) is 13.5. The molecule has 0 aliphatic heterocycles. The van der Waals surface area contributed by atoms with Crippen LogP contribution in [0.25, 0.3) is 0 Å². The van der Waals surface area contributed by atoms with Crippen molar-refractivity contribution in [3.8, 4) is 5.75 Å². The first-order valence-corrected chi connectivity index (χ1v) is 6.13. The average Bonchev–Trinajstić information content (AvgIpc) is 2.35. The summed E-state index contributed by atoms with van der Waals surface area (Å²) in [5, 5.41) is 0. The fraction of sp³-hybridized carbons (Fsp3) is 0.500. The van der Waals surface area contributed by atoms with E-state index in [0.717, 1.165) is 11.1 Å². The van der Waals surface area contributed by atoms with Crippen molar-refractivity contribution in [2.24, 2.45) is 5.73 Å². The van der Waals surface area contributed by atoms with E-state index in [-0.39, 0.29) is 18.6 Å². The predicted octanol–water partition coefficient (Wildman–Crippen LogP) is 1.70. The monoisotopic (exact) mass is 250 g/mol. The van der Waals surface area contributed by atoms with Crippen molar-refractivity contribution in [2.45, 2.75) is 33.4 Å². The Labute approximate surface area is 109 Å². The van der Waals surface area contributed by atoms with E-state index in [1.54, 1.807) is 11.9 Å². The second-order valence-electron chi connectivity index (χ2n) is 4.70. The highest BCUT2D eigenvalue weighted by atomic mass is 16.5. The van der Waals surface area contributed by atoms with Gasteiger partial charge in [-0.25, -0.2) is 0 Å². The number of rotatable bonds is 5. The molecule has 0 aromatic heterocycles. The zero-order valence-electron chi connectivity index (χ0n) is 11.6. The number of nitrogens with zero attached hydrogens (tertiary/aromatic N) is 1. The van der Waals surface area contributed by atoms with Crippen LogP contribution in [0.4, 0.5) is 0 Å².